The maximum absolute atomic E-state index is 12.5. The molecule has 2 N–H and O–H groups in total. The Morgan fingerprint density at radius 3 is 2.61 bits per heavy atom. The number of hydrogen-bond donors (Lipinski definition) is 2. The Bertz CT molecular complexity index is 823. The van der Waals surface area contributed by atoms with E-state index in [9.17, 15) is 9.59 Å². The third-order valence-electron chi connectivity index (χ3n) is 5.07. The topological polar surface area (TPSA) is 70.7 Å². The van der Waals surface area contributed by atoms with Crippen LogP contribution in [0.4, 0.5) is 0 Å². The predicted octanol–water partition coefficient (Wildman–Crippen LogP) is 2.49. The summed E-state index contributed by atoms with van der Waals surface area (Å²) in [6.45, 7) is 5.46. The van der Waals surface area contributed by atoms with Crippen molar-refractivity contribution in [2.45, 2.75) is 39.3 Å². The third-order valence-corrected chi connectivity index (χ3v) is 5.07. The van der Waals surface area contributed by atoms with Crippen LogP contribution < -0.4 is 15.6 Å². The van der Waals surface area contributed by atoms with Gasteiger partial charge in [-0.1, -0.05) is 36.4 Å². The molecule has 1 saturated heterocycles. The van der Waals surface area contributed by atoms with Crippen LogP contribution >= 0.6 is 0 Å². The van der Waals surface area contributed by atoms with E-state index in [0.717, 1.165) is 31.5 Å². The van der Waals surface area contributed by atoms with Gasteiger partial charge in [0.15, 0.2) is 6.61 Å². The number of carbonyl (C=O) groups excluding carboxylic acids is 2. The van der Waals surface area contributed by atoms with Gasteiger partial charge in [-0.15, -0.1) is 0 Å². The lowest BCUT2D eigenvalue weighted by Crippen LogP contribution is -2.51. The molecule has 0 spiro atoms. The molecule has 148 valence electrons. The Balaban J connectivity index is 1.44. The SMILES string of the molecule is Cc1ccc(OCC(=O)NNC(=O)C2CCCN2Cc2ccccc2)cc1C. The van der Waals surface area contributed by atoms with E-state index in [0.29, 0.717) is 5.75 Å². The van der Waals surface area contributed by atoms with Crippen LogP contribution in [0, 0.1) is 13.8 Å². The molecule has 1 heterocycles. The largest absolute Gasteiger partial charge is 0.484 e. The Morgan fingerprint density at radius 1 is 1.07 bits per heavy atom. The normalized spacial score (nSPS) is 16.6. The fourth-order valence-electron chi connectivity index (χ4n) is 3.33. The number of carbonyl (C=O) groups is 2. The fourth-order valence-corrected chi connectivity index (χ4v) is 3.33. The van der Waals surface area contributed by atoms with E-state index >= 15 is 0 Å². The van der Waals surface area contributed by atoms with Crippen molar-refractivity contribution in [2.75, 3.05) is 13.2 Å². The Morgan fingerprint density at radius 2 is 1.86 bits per heavy atom. The Labute approximate surface area is 165 Å². The zero-order valence-corrected chi connectivity index (χ0v) is 16.4. The molecule has 0 saturated carbocycles. The first-order valence-corrected chi connectivity index (χ1v) is 9.59. The number of rotatable bonds is 6. The van der Waals surface area contributed by atoms with Crippen molar-refractivity contribution in [1.82, 2.24) is 15.8 Å². The van der Waals surface area contributed by atoms with Gasteiger partial charge in [-0.3, -0.25) is 25.3 Å². The zero-order valence-electron chi connectivity index (χ0n) is 16.4. The third kappa shape index (κ3) is 5.33. The summed E-state index contributed by atoms with van der Waals surface area (Å²) in [5, 5.41) is 0. The lowest BCUT2D eigenvalue weighted by molar-refractivity contribution is -0.132. The van der Waals surface area contributed by atoms with E-state index in [1.54, 1.807) is 0 Å². The van der Waals surface area contributed by atoms with Crippen molar-refractivity contribution in [2.24, 2.45) is 0 Å². The van der Waals surface area contributed by atoms with Crippen molar-refractivity contribution in [3.8, 4) is 5.75 Å². The monoisotopic (exact) mass is 381 g/mol. The van der Waals surface area contributed by atoms with Gasteiger partial charge in [0.1, 0.15) is 5.75 Å². The predicted molar refractivity (Wildman–Crippen MR) is 108 cm³/mol. The first-order chi connectivity index (χ1) is 13.5. The van der Waals surface area contributed by atoms with Crippen LogP contribution in [-0.4, -0.2) is 35.9 Å². The second kappa shape index (κ2) is 9.37. The van der Waals surface area contributed by atoms with Crippen molar-refractivity contribution in [3.05, 3.63) is 65.2 Å². The Kier molecular flexibility index (Phi) is 6.66. The van der Waals surface area contributed by atoms with Crippen LogP contribution in [0.3, 0.4) is 0 Å². The van der Waals surface area contributed by atoms with Gasteiger partial charge in [0.2, 0.25) is 0 Å². The molecule has 28 heavy (non-hydrogen) atoms. The van der Waals surface area contributed by atoms with E-state index in [4.69, 9.17) is 4.74 Å². The number of likely N-dealkylation sites (tertiary alicyclic amines) is 1. The average molecular weight is 381 g/mol. The van der Waals surface area contributed by atoms with Crippen molar-refractivity contribution in [3.63, 3.8) is 0 Å². The molecule has 6 heteroatoms. The average Bonchev–Trinajstić information content (AvgIpc) is 3.16. The van der Waals surface area contributed by atoms with Crippen molar-refractivity contribution in [1.29, 1.82) is 0 Å². The van der Waals surface area contributed by atoms with Gasteiger partial charge in [-0.2, -0.15) is 0 Å². The maximum atomic E-state index is 12.5. The number of hydrogen-bond acceptors (Lipinski definition) is 4. The van der Waals surface area contributed by atoms with E-state index in [1.165, 1.54) is 11.1 Å². The minimum absolute atomic E-state index is 0.152. The maximum Gasteiger partial charge on any atom is 0.276 e. The highest BCUT2D eigenvalue weighted by Gasteiger charge is 2.30. The smallest absolute Gasteiger partial charge is 0.276 e. The molecule has 0 aliphatic carbocycles. The van der Waals surface area contributed by atoms with Crippen molar-refractivity contribution < 1.29 is 14.3 Å². The Hall–Kier alpha value is -2.86. The number of benzene rings is 2. The highest BCUT2D eigenvalue weighted by atomic mass is 16.5. The van der Waals surface area contributed by atoms with Crippen LogP contribution in [0.2, 0.25) is 0 Å². The summed E-state index contributed by atoms with van der Waals surface area (Å²) in [7, 11) is 0. The number of amides is 2. The molecular formula is C22H27N3O3. The standard InChI is InChI=1S/C22H27N3O3/c1-16-10-11-19(13-17(16)2)28-15-21(26)23-24-22(27)20-9-6-12-25(20)14-18-7-4-3-5-8-18/h3-5,7-8,10-11,13,20H,6,9,12,14-15H2,1-2H3,(H,23,26)(H,24,27). The molecule has 1 unspecified atom stereocenters. The van der Waals surface area contributed by atoms with Gasteiger partial charge >= 0.3 is 0 Å². The lowest BCUT2D eigenvalue weighted by Gasteiger charge is -2.23. The summed E-state index contributed by atoms with van der Waals surface area (Å²) < 4.78 is 5.49. The number of nitrogens with zero attached hydrogens (tertiary/aromatic N) is 1. The molecule has 0 aromatic heterocycles. The van der Waals surface area contributed by atoms with Gasteiger partial charge in [0, 0.05) is 6.54 Å². The lowest BCUT2D eigenvalue weighted by atomic mass is 10.1. The first kappa shape index (κ1) is 19.9. The molecule has 0 radical (unpaired) electrons. The highest BCUT2D eigenvalue weighted by Crippen LogP contribution is 2.20. The number of nitrogens with one attached hydrogen (secondary N) is 2. The van der Waals surface area contributed by atoms with Gasteiger partial charge < -0.3 is 4.74 Å². The van der Waals surface area contributed by atoms with Crippen LogP contribution in [-0.2, 0) is 16.1 Å². The molecule has 2 aromatic rings. The second-order valence-corrected chi connectivity index (χ2v) is 7.19. The van der Waals surface area contributed by atoms with Gasteiger partial charge in [-0.05, 0) is 62.1 Å². The molecule has 6 nitrogen and oxygen atoms in total. The molecule has 1 aliphatic heterocycles. The summed E-state index contributed by atoms with van der Waals surface area (Å²) in [5.74, 6) is 0.0570. The molecule has 0 bridgehead atoms. The summed E-state index contributed by atoms with van der Waals surface area (Å²) in [6.07, 6.45) is 1.75. The van der Waals surface area contributed by atoms with E-state index in [1.807, 2.05) is 50.2 Å². The minimum Gasteiger partial charge on any atom is -0.484 e. The zero-order chi connectivity index (χ0) is 19.9. The number of hydrazine groups is 1. The number of ether oxygens (including phenoxy) is 1. The fraction of sp³-hybridized carbons (Fsp3) is 0.364. The van der Waals surface area contributed by atoms with Crippen LogP contribution in [0.1, 0.15) is 29.5 Å². The molecule has 2 aromatic carbocycles. The molecular weight excluding hydrogens is 354 g/mol. The first-order valence-electron chi connectivity index (χ1n) is 9.59. The van der Waals surface area contributed by atoms with Gasteiger partial charge in [0.05, 0.1) is 6.04 Å². The summed E-state index contributed by atoms with van der Waals surface area (Å²) in [4.78, 5) is 26.6. The van der Waals surface area contributed by atoms with Gasteiger partial charge in [0.25, 0.3) is 11.8 Å². The molecule has 1 fully saturated rings. The summed E-state index contributed by atoms with van der Waals surface area (Å²) in [5.41, 5.74) is 8.43. The second-order valence-electron chi connectivity index (χ2n) is 7.19. The van der Waals surface area contributed by atoms with Crippen LogP contribution in [0.25, 0.3) is 0 Å². The van der Waals surface area contributed by atoms with E-state index < -0.39 is 0 Å². The molecule has 1 aliphatic rings. The van der Waals surface area contributed by atoms with Crippen LogP contribution in [0.5, 0.6) is 5.75 Å². The van der Waals surface area contributed by atoms with Gasteiger partial charge in [-0.25, -0.2) is 0 Å². The molecule has 1 atom stereocenters. The highest BCUT2D eigenvalue weighted by molar-refractivity contribution is 5.85. The van der Waals surface area contributed by atoms with E-state index in [2.05, 4.69) is 27.9 Å². The number of aryl methyl sites for hydroxylation is 2. The minimum atomic E-state index is -0.390. The molecule has 3 rings (SSSR count). The van der Waals surface area contributed by atoms with E-state index in [-0.39, 0.29) is 24.5 Å². The summed E-state index contributed by atoms with van der Waals surface area (Å²) >= 11 is 0. The summed E-state index contributed by atoms with van der Waals surface area (Å²) in [6, 6.07) is 15.5. The molecule has 2 amide bonds. The van der Waals surface area contributed by atoms with Crippen LogP contribution in [0.15, 0.2) is 48.5 Å². The van der Waals surface area contributed by atoms with Crippen molar-refractivity contribution >= 4 is 11.8 Å². The quantitative estimate of drug-likeness (QED) is 0.755.